The minimum atomic E-state index is -0.140. The van der Waals surface area contributed by atoms with Crippen LogP contribution in [0.1, 0.15) is 58.3 Å². The Morgan fingerprint density at radius 3 is 2.13 bits per heavy atom. The molecular formula is C22H43N5O2S2. The molecule has 3 aliphatic heterocycles. The van der Waals surface area contributed by atoms with Gasteiger partial charge in [-0.2, -0.15) is 23.5 Å². The van der Waals surface area contributed by atoms with E-state index in [1.807, 2.05) is 7.11 Å². The molecule has 3 heterocycles. The summed E-state index contributed by atoms with van der Waals surface area (Å²) in [6.07, 6.45) is 10.5. The molecule has 1 aliphatic carbocycles. The maximum Gasteiger partial charge on any atom is 0.167 e. The molecule has 31 heavy (non-hydrogen) atoms. The lowest BCUT2D eigenvalue weighted by atomic mass is 9.93. The predicted molar refractivity (Wildman–Crippen MR) is 131 cm³/mol. The van der Waals surface area contributed by atoms with Crippen LogP contribution in [-0.4, -0.2) is 84.8 Å². The fraction of sp³-hybridized carbons (Fsp3) is 1.00. The van der Waals surface area contributed by atoms with E-state index in [0.29, 0.717) is 18.8 Å². The van der Waals surface area contributed by atoms with Gasteiger partial charge in [0, 0.05) is 43.3 Å². The van der Waals surface area contributed by atoms with E-state index in [4.69, 9.17) is 9.47 Å². The minimum Gasteiger partial charge on any atom is -0.381 e. The molecule has 5 atom stereocenters. The number of hydrogen-bond acceptors (Lipinski definition) is 9. The first kappa shape index (κ1) is 24.5. The molecule has 0 amide bonds. The molecule has 4 fully saturated rings. The van der Waals surface area contributed by atoms with Crippen LogP contribution in [0.5, 0.6) is 0 Å². The molecule has 0 bridgehead atoms. The normalized spacial score (nSPS) is 39.4. The van der Waals surface area contributed by atoms with E-state index in [0.717, 1.165) is 49.3 Å². The lowest BCUT2D eigenvalue weighted by Gasteiger charge is -2.45. The van der Waals surface area contributed by atoms with Gasteiger partial charge in [-0.1, -0.05) is 0 Å². The van der Waals surface area contributed by atoms with Crippen molar-refractivity contribution in [2.75, 3.05) is 38.3 Å². The Balaban J connectivity index is 1.38. The molecule has 3 saturated heterocycles. The van der Waals surface area contributed by atoms with Crippen molar-refractivity contribution in [2.45, 2.75) is 99.9 Å². The SMILES string of the molecule is CCOC1NC(NC2CCC(OC)CC2)NC(N(CC2CCCS2)CC2CCCS2)N1. The smallest absolute Gasteiger partial charge is 0.167 e. The first-order valence-corrected chi connectivity index (χ1v) is 14.5. The molecule has 0 radical (unpaired) electrons. The molecule has 1 saturated carbocycles. The van der Waals surface area contributed by atoms with Crippen molar-refractivity contribution in [2.24, 2.45) is 0 Å². The monoisotopic (exact) mass is 473 g/mol. The zero-order chi connectivity index (χ0) is 21.5. The fourth-order valence-electron chi connectivity index (χ4n) is 5.25. The summed E-state index contributed by atoms with van der Waals surface area (Å²) in [5.74, 6) is 2.64. The van der Waals surface area contributed by atoms with Gasteiger partial charge in [0.1, 0.15) is 12.6 Å². The van der Waals surface area contributed by atoms with E-state index >= 15 is 0 Å². The van der Waals surface area contributed by atoms with Crippen LogP contribution in [0, 0.1) is 0 Å². The van der Waals surface area contributed by atoms with Gasteiger partial charge in [0.2, 0.25) is 0 Å². The summed E-state index contributed by atoms with van der Waals surface area (Å²) in [5.41, 5.74) is 0. The van der Waals surface area contributed by atoms with Crippen molar-refractivity contribution in [1.29, 1.82) is 0 Å². The molecule has 4 aliphatic rings. The molecule has 0 spiro atoms. The summed E-state index contributed by atoms with van der Waals surface area (Å²) in [5, 5.41) is 16.4. The van der Waals surface area contributed by atoms with Crippen LogP contribution < -0.4 is 21.3 Å². The Morgan fingerprint density at radius 2 is 1.58 bits per heavy atom. The van der Waals surface area contributed by atoms with E-state index in [2.05, 4.69) is 56.6 Å². The van der Waals surface area contributed by atoms with Gasteiger partial charge in [0.25, 0.3) is 0 Å². The third kappa shape index (κ3) is 7.45. The second-order valence-corrected chi connectivity index (χ2v) is 12.1. The number of rotatable bonds is 10. The van der Waals surface area contributed by atoms with Gasteiger partial charge in [0.15, 0.2) is 6.35 Å². The van der Waals surface area contributed by atoms with Crippen molar-refractivity contribution < 1.29 is 9.47 Å². The number of thioether (sulfide) groups is 2. The second-order valence-electron chi connectivity index (χ2n) is 9.27. The molecule has 0 aromatic heterocycles. The number of methoxy groups -OCH3 is 1. The molecule has 4 rings (SSSR count). The summed E-state index contributed by atoms with van der Waals surface area (Å²) in [6, 6.07) is 0.515. The van der Waals surface area contributed by atoms with Crippen LogP contribution in [0.3, 0.4) is 0 Å². The van der Waals surface area contributed by atoms with Gasteiger partial charge in [0.05, 0.1) is 6.10 Å². The Bertz CT molecular complexity index is 496. The summed E-state index contributed by atoms with van der Waals surface area (Å²) in [4.78, 5) is 2.66. The molecule has 180 valence electrons. The molecule has 4 N–H and O–H groups in total. The second kappa shape index (κ2) is 12.8. The van der Waals surface area contributed by atoms with Gasteiger partial charge in [-0.15, -0.1) is 0 Å². The standard InChI is InChI=1S/C22H43N5O2S2/c1-3-29-22-25-20(23-16-8-10-17(28-2)11-9-16)24-21(26-22)27(14-18-6-4-12-30-18)15-19-7-5-13-31-19/h16-26H,3-15H2,1-2H3. The van der Waals surface area contributed by atoms with Gasteiger partial charge in [-0.3, -0.25) is 26.2 Å². The highest BCUT2D eigenvalue weighted by atomic mass is 32.2. The average molecular weight is 474 g/mol. The first-order valence-electron chi connectivity index (χ1n) is 12.4. The Labute approximate surface area is 197 Å². The first-order chi connectivity index (χ1) is 15.2. The molecular weight excluding hydrogens is 430 g/mol. The highest BCUT2D eigenvalue weighted by Crippen LogP contribution is 2.30. The fourth-order valence-corrected chi connectivity index (χ4v) is 7.85. The van der Waals surface area contributed by atoms with E-state index in [1.54, 1.807) is 0 Å². The highest BCUT2D eigenvalue weighted by Gasteiger charge is 2.35. The average Bonchev–Trinajstić information content (AvgIpc) is 3.48. The van der Waals surface area contributed by atoms with Crippen LogP contribution in [0.15, 0.2) is 0 Å². The van der Waals surface area contributed by atoms with Crippen LogP contribution in [0.25, 0.3) is 0 Å². The van der Waals surface area contributed by atoms with Gasteiger partial charge in [-0.05, 0) is 69.8 Å². The van der Waals surface area contributed by atoms with E-state index < -0.39 is 0 Å². The zero-order valence-electron chi connectivity index (χ0n) is 19.3. The molecule has 0 aromatic carbocycles. The molecule has 0 aromatic rings. The van der Waals surface area contributed by atoms with Gasteiger partial charge in [-0.25, -0.2) is 0 Å². The van der Waals surface area contributed by atoms with Crippen LogP contribution >= 0.6 is 23.5 Å². The molecule has 9 heteroatoms. The Morgan fingerprint density at radius 1 is 0.903 bits per heavy atom. The third-order valence-electron chi connectivity index (χ3n) is 6.98. The van der Waals surface area contributed by atoms with E-state index in [1.165, 1.54) is 37.2 Å². The largest absolute Gasteiger partial charge is 0.381 e. The van der Waals surface area contributed by atoms with Gasteiger partial charge < -0.3 is 9.47 Å². The van der Waals surface area contributed by atoms with Crippen molar-refractivity contribution >= 4 is 23.5 Å². The van der Waals surface area contributed by atoms with Crippen molar-refractivity contribution in [3.8, 4) is 0 Å². The lowest BCUT2D eigenvalue weighted by Crippen LogP contribution is -2.76. The summed E-state index contributed by atoms with van der Waals surface area (Å²) in [6.45, 7) is 5.06. The maximum absolute atomic E-state index is 6.00. The molecule has 5 unspecified atom stereocenters. The lowest BCUT2D eigenvalue weighted by molar-refractivity contribution is -0.0725. The Kier molecular flexibility index (Phi) is 10.1. The number of ether oxygens (including phenoxy) is 2. The number of nitrogens with zero attached hydrogens (tertiary/aromatic N) is 1. The number of hydrogen-bond donors (Lipinski definition) is 4. The van der Waals surface area contributed by atoms with Crippen LogP contribution in [0.2, 0.25) is 0 Å². The van der Waals surface area contributed by atoms with Crippen molar-refractivity contribution in [3.05, 3.63) is 0 Å². The Hall–Kier alpha value is 0.420. The summed E-state index contributed by atoms with van der Waals surface area (Å²) >= 11 is 4.31. The van der Waals surface area contributed by atoms with E-state index in [-0.39, 0.29) is 18.9 Å². The highest BCUT2D eigenvalue weighted by molar-refractivity contribution is 8.00. The zero-order valence-corrected chi connectivity index (χ0v) is 20.9. The summed E-state index contributed by atoms with van der Waals surface area (Å²) in [7, 11) is 1.84. The van der Waals surface area contributed by atoms with E-state index in [9.17, 15) is 0 Å². The van der Waals surface area contributed by atoms with Crippen LogP contribution in [0.4, 0.5) is 0 Å². The third-order valence-corrected chi connectivity index (χ3v) is 9.75. The van der Waals surface area contributed by atoms with Gasteiger partial charge >= 0.3 is 0 Å². The number of nitrogens with one attached hydrogen (secondary N) is 4. The topological polar surface area (TPSA) is 69.8 Å². The minimum absolute atomic E-state index is 0.0434. The summed E-state index contributed by atoms with van der Waals surface area (Å²) < 4.78 is 11.6. The quantitative estimate of drug-likeness (QED) is 0.383. The molecule has 7 nitrogen and oxygen atoms in total. The van der Waals surface area contributed by atoms with Crippen molar-refractivity contribution in [1.82, 2.24) is 26.2 Å². The van der Waals surface area contributed by atoms with Crippen molar-refractivity contribution in [3.63, 3.8) is 0 Å². The predicted octanol–water partition coefficient (Wildman–Crippen LogP) is 2.30. The maximum atomic E-state index is 6.00. The van der Waals surface area contributed by atoms with Crippen LogP contribution in [-0.2, 0) is 9.47 Å².